The van der Waals surface area contributed by atoms with Crippen molar-refractivity contribution < 1.29 is 4.79 Å². The summed E-state index contributed by atoms with van der Waals surface area (Å²) in [6.07, 6.45) is 1.68. The molecule has 7 heteroatoms. The van der Waals surface area contributed by atoms with Gasteiger partial charge < -0.3 is 4.98 Å². The van der Waals surface area contributed by atoms with E-state index in [4.69, 9.17) is 0 Å². The maximum Gasteiger partial charge on any atom is 0.253 e. The molecule has 126 valence electrons. The van der Waals surface area contributed by atoms with Gasteiger partial charge in [0.05, 0.1) is 22.5 Å². The maximum atomic E-state index is 12.2. The number of rotatable bonds is 5. The van der Waals surface area contributed by atoms with Gasteiger partial charge in [0.2, 0.25) is 0 Å². The van der Waals surface area contributed by atoms with Gasteiger partial charge in [0.25, 0.3) is 5.91 Å². The van der Waals surface area contributed by atoms with Crippen molar-refractivity contribution in [1.82, 2.24) is 15.4 Å². The smallest absolute Gasteiger partial charge is 0.253 e. The van der Waals surface area contributed by atoms with Crippen LogP contribution in [0.15, 0.2) is 52.7 Å². The number of nitrogens with one attached hydrogen (secondary N) is 2. The van der Waals surface area contributed by atoms with Crippen molar-refractivity contribution in [2.24, 2.45) is 5.10 Å². The number of thioether (sulfide) groups is 1. The molecule has 1 heterocycles. The summed E-state index contributed by atoms with van der Waals surface area (Å²) in [5.74, 6) is -0.160. The van der Waals surface area contributed by atoms with E-state index in [9.17, 15) is 4.79 Å². The Morgan fingerprint density at radius 2 is 2.16 bits per heavy atom. The number of fused-ring (bicyclic) bond motifs is 1. The minimum absolute atomic E-state index is 0.160. The van der Waals surface area contributed by atoms with Crippen molar-refractivity contribution in [1.29, 1.82) is 0 Å². The first-order valence-electron chi connectivity index (χ1n) is 8.04. The highest BCUT2D eigenvalue weighted by Crippen LogP contribution is 2.23. The fraction of sp³-hybridized carbons (Fsp3) is 0.167. The van der Waals surface area contributed by atoms with Gasteiger partial charge in [-0.1, -0.05) is 47.6 Å². The zero-order valence-electron chi connectivity index (χ0n) is 14.4. The summed E-state index contributed by atoms with van der Waals surface area (Å²) in [6, 6.07) is 13.9. The molecule has 0 radical (unpaired) electrons. The van der Waals surface area contributed by atoms with Crippen LogP contribution in [0.25, 0.3) is 11.0 Å². The van der Waals surface area contributed by atoms with E-state index in [1.165, 1.54) is 11.8 Å². The summed E-state index contributed by atoms with van der Waals surface area (Å²) in [5, 5.41) is 4.50. The van der Waals surface area contributed by atoms with Gasteiger partial charge in [-0.05, 0) is 37.1 Å². The topological polar surface area (TPSA) is 70.1 Å². The van der Waals surface area contributed by atoms with E-state index in [0.29, 0.717) is 0 Å². The summed E-state index contributed by atoms with van der Waals surface area (Å²) >= 11 is 1.38. The van der Waals surface area contributed by atoms with E-state index in [-0.39, 0.29) is 11.2 Å². The molecule has 3 aromatic rings. The minimum atomic E-state index is -0.309. The summed E-state index contributed by atoms with van der Waals surface area (Å²) in [5.41, 5.74) is 7.73. The monoisotopic (exact) mass is 350 g/mol. The second-order valence-corrected chi connectivity index (χ2v) is 7.24. The van der Waals surface area contributed by atoms with Gasteiger partial charge in [-0.3, -0.25) is 4.79 Å². The molecule has 0 aliphatic carbocycles. The summed E-state index contributed by atoms with van der Waals surface area (Å²) in [4.78, 5) is 19.9. The Morgan fingerprint density at radius 1 is 1.36 bits per heavy atom. The Balaban J connectivity index is 1.60. The number of hydrazone groups is 1. The van der Waals surface area contributed by atoms with Crippen LogP contribution in [0.5, 0.6) is 0 Å². The second kappa shape index (κ2) is 7.57. The predicted octanol–water partition coefficient (Wildman–Crippen LogP) is 1.76. The largest absolute Gasteiger partial charge is 0.333 e. The molecule has 0 spiro atoms. The highest BCUT2D eigenvalue weighted by Gasteiger charge is 2.16. The maximum absolute atomic E-state index is 12.2. The molecule has 2 N–H and O–H groups in total. The van der Waals surface area contributed by atoms with E-state index < -0.39 is 0 Å². The minimum Gasteiger partial charge on any atom is -0.333 e. The number of carbonyl (C=O) groups is 1. The highest BCUT2D eigenvalue weighted by molar-refractivity contribution is 8.00. The SMILES string of the molecule is Bc1ccc(C)c(/C=N/NC(=O)C(C)Sc2nc3ccccc3[nH]2)c1. The van der Waals surface area contributed by atoms with Gasteiger partial charge in [-0.15, -0.1) is 0 Å². The molecule has 3 rings (SSSR count). The number of amides is 1. The molecule has 1 amide bonds. The van der Waals surface area contributed by atoms with Crippen LogP contribution >= 0.6 is 11.8 Å². The molecule has 0 aliphatic heterocycles. The molecule has 0 bridgehead atoms. The highest BCUT2D eigenvalue weighted by atomic mass is 32.2. The number of aromatic amines is 1. The van der Waals surface area contributed by atoms with Crippen LogP contribution in [0, 0.1) is 6.92 Å². The van der Waals surface area contributed by atoms with Gasteiger partial charge in [0, 0.05) is 0 Å². The molecule has 25 heavy (non-hydrogen) atoms. The van der Waals surface area contributed by atoms with E-state index in [0.717, 1.165) is 32.8 Å². The lowest BCUT2D eigenvalue weighted by Gasteiger charge is -2.07. The van der Waals surface area contributed by atoms with Gasteiger partial charge in [-0.2, -0.15) is 5.10 Å². The van der Waals surface area contributed by atoms with Crippen molar-refractivity contribution in [2.75, 3.05) is 0 Å². The molecule has 1 aromatic heterocycles. The number of hydrogen-bond donors (Lipinski definition) is 2. The van der Waals surface area contributed by atoms with Gasteiger partial charge in [0.1, 0.15) is 7.85 Å². The quantitative estimate of drug-likeness (QED) is 0.319. The average Bonchev–Trinajstić information content (AvgIpc) is 3.00. The predicted molar refractivity (Wildman–Crippen MR) is 107 cm³/mol. The third-order valence-corrected chi connectivity index (χ3v) is 4.82. The molecule has 0 fully saturated rings. The second-order valence-electron chi connectivity index (χ2n) is 5.91. The first-order valence-corrected chi connectivity index (χ1v) is 8.92. The zero-order chi connectivity index (χ0) is 17.8. The van der Waals surface area contributed by atoms with Crippen LogP contribution in [-0.2, 0) is 4.79 Å². The standard InChI is InChI=1S/C18H19BN4OS/c1-11-7-8-14(19)9-13(11)10-20-23-17(24)12(2)25-18-21-15-5-3-4-6-16(15)22-18/h3-10,12H,19H2,1-2H3,(H,21,22)(H,23,24)/b20-10+. The molecule has 1 atom stereocenters. The molecular weight excluding hydrogens is 331 g/mol. The number of aryl methyl sites for hydroxylation is 1. The number of nitrogens with zero attached hydrogens (tertiary/aromatic N) is 2. The number of hydrogen-bond acceptors (Lipinski definition) is 4. The number of para-hydroxylation sites is 2. The lowest BCUT2D eigenvalue weighted by atomic mass is 9.93. The van der Waals surface area contributed by atoms with Crippen LogP contribution in [0.2, 0.25) is 0 Å². The number of benzene rings is 2. The van der Waals surface area contributed by atoms with Gasteiger partial charge >= 0.3 is 0 Å². The number of imidazole rings is 1. The van der Waals surface area contributed by atoms with Crippen molar-refractivity contribution in [2.45, 2.75) is 24.3 Å². The molecule has 0 saturated carbocycles. The number of H-pyrrole nitrogens is 1. The van der Waals surface area contributed by atoms with Crippen LogP contribution in [0.1, 0.15) is 18.1 Å². The number of carbonyl (C=O) groups excluding carboxylic acids is 1. The third kappa shape index (κ3) is 4.30. The molecule has 1 unspecified atom stereocenters. The van der Waals surface area contributed by atoms with Crippen LogP contribution < -0.4 is 10.9 Å². The molecule has 5 nitrogen and oxygen atoms in total. The van der Waals surface area contributed by atoms with E-state index >= 15 is 0 Å². The molecule has 2 aromatic carbocycles. The van der Waals surface area contributed by atoms with Crippen LogP contribution in [-0.4, -0.2) is 35.2 Å². The Labute approximate surface area is 151 Å². The summed E-state index contributed by atoms with van der Waals surface area (Å²) in [7, 11) is 2.03. The lowest BCUT2D eigenvalue weighted by molar-refractivity contribution is -0.120. The third-order valence-electron chi connectivity index (χ3n) is 3.84. The van der Waals surface area contributed by atoms with E-state index in [1.807, 2.05) is 58.1 Å². The fourth-order valence-electron chi connectivity index (χ4n) is 2.36. The Hall–Kier alpha value is -2.54. The number of aromatic nitrogens is 2. The van der Waals surface area contributed by atoms with E-state index in [1.54, 1.807) is 6.21 Å². The Morgan fingerprint density at radius 3 is 2.96 bits per heavy atom. The van der Waals surface area contributed by atoms with Crippen LogP contribution in [0.3, 0.4) is 0 Å². The van der Waals surface area contributed by atoms with Crippen molar-refractivity contribution in [3.63, 3.8) is 0 Å². The van der Waals surface area contributed by atoms with Crippen molar-refractivity contribution in [3.05, 3.63) is 53.6 Å². The van der Waals surface area contributed by atoms with E-state index in [2.05, 4.69) is 26.6 Å². The summed E-state index contributed by atoms with van der Waals surface area (Å²) < 4.78 is 0. The molecule has 0 aliphatic rings. The van der Waals surface area contributed by atoms with Crippen LogP contribution in [0.4, 0.5) is 0 Å². The molecule has 0 saturated heterocycles. The molecular formula is C18H19BN4OS. The van der Waals surface area contributed by atoms with Crippen molar-refractivity contribution >= 4 is 48.2 Å². The Bertz CT molecular complexity index is 905. The normalized spacial score (nSPS) is 12.6. The van der Waals surface area contributed by atoms with Gasteiger partial charge in [-0.25, -0.2) is 10.4 Å². The Kier molecular flexibility index (Phi) is 5.24. The first kappa shape index (κ1) is 17.3. The summed E-state index contributed by atoms with van der Waals surface area (Å²) in [6.45, 7) is 3.85. The first-order chi connectivity index (χ1) is 12.0. The van der Waals surface area contributed by atoms with Gasteiger partial charge in [0.15, 0.2) is 5.16 Å². The fourth-order valence-corrected chi connectivity index (χ4v) is 3.18. The zero-order valence-corrected chi connectivity index (χ0v) is 15.2. The average molecular weight is 350 g/mol. The van der Waals surface area contributed by atoms with Crippen molar-refractivity contribution in [3.8, 4) is 0 Å². The lowest BCUT2D eigenvalue weighted by Crippen LogP contribution is -2.27.